The fraction of sp³-hybridized carbons (Fsp3) is 0.636. The number of likely N-dealkylation sites (tertiary alicyclic amines) is 1. The van der Waals surface area contributed by atoms with Crippen LogP contribution in [-0.2, 0) is 25.8 Å². The number of sulfone groups is 1. The van der Waals surface area contributed by atoms with Gasteiger partial charge in [-0.2, -0.15) is 0 Å². The summed E-state index contributed by atoms with van der Waals surface area (Å²) in [6.07, 6.45) is 6.57. The Balaban J connectivity index is 1.50. The van der Waals surface area contributed by atoms with Gasteiger partial charge in [-0.05, 0) is 78.6 Å². The third kappa shape index (κ3) is 4.31. The van der Waals surface area contributed by atoms with Gasteiger partial charge in [0.15, 0.2) is 9.84 Å². The Kier molecular flexibility index (Phi) is 6.26. The van der Waals surface area contributed by atoms with Gasteiger partial charge in [-0.1, -0.05) is 6.92 Å². The van der Waals surface area contributed by atoms with Crippen molar-refractivity contribution in [3.63, 3.8) is 0 Å². The van der Waals surface area contributed by atoms with Gasteiger partial charge >= 0.3 is 0 Å². The smallest absolute Gasteiger partial charge is 0.230 e. The van der Waals surface area contributed by atoms with E-state index in [0.29, 0.717) is 16.7 Å². The molecule has 1 atom stereocenters. The average molecular weight is 497 g/mol. The van der Waals surface area contributed by atoms with E-state index in [1.54, 1.807) is 11.0 Å². The van der Waals surface area contributed by atoms with Crippen molar-refractivity contribution in [1.82, 2.24) is 4.90 Å². The van der Waals surface area contributed by atoms with Crippen molar-refractivity contribution in [2.24, 2.45) is 5.92 Å². The summed E-state index contributed by atoms with van der Waals surface area (Å²) in [4.78, 5) is 29.1. The molecule has 0 radical (unpaired) electrons. The summed E-state index contributed by atoms with van der Waals surface area (Å²) in [7, 11) is -3.66. The molecule has 0 bridgehead atoms. The van der Waals surface area contributed by atoms with E-state index in [1.807, 2.05) is 11.0 Å². The lowest BCUT2D eigenvalue weighted by molar-refractivity contribution is -0.134. The summed E-state index contributed by atoms with van der Waals surface area (Å²) in [6, 6.07) is 3.67. The molecule has 0 aromatic heterocycles. The van der Waals surface area contributed by atoms with E-state index < -0.39 is 9.84 Å². The number of carbonyl (C=O) groups excluding carboxylic acids is 2. The first kappa shape index (κ1) is 21.8. The van der Waals surface area contributed by atoms with Gasteiger partial charge in [0.25, 0.3) is 0 Å². The first-order chi connectivity index (χ1) is 14.3. The monoisotopic (exact) mass is 496 g/mol. The van der Waals surface area contributed by atoms with Gasteiger partial charge in [0, 0.05) is 41.6 Å². The molecule has 1 saturated heterocycles. The normalized spacial score (nSPS) is 21.6. The minimum Gasteiger partial charge on any atom is -0.340 e. The minimum absolute atomic E-state index is 0.00687. The molecule has 1 saturated carbocycles. The number of halogens is 1. The van der Waals surface area contributed by atoms with E-state index in [1.165, 1.54) is 0 Å². The van der Waals surface area contributed by atoms with Crippen LogP contribution in [0.15, 0.2) is 21.5 Å². The number of rotatable bonds is 6. The quantitative estimate of drug-likeness (QED) is 0.601. The predicted molar refractivity (Wildman–Crippen MR) is 119 cm³/mol. The highest BCUT2D eigenvalue weighted by Gasteiger charge is 2.37. The highest BCUT2D eigenvalue weighted by atomic mass is 79.9. The van der Waals surface area contributed by atoms with Gasteiger partial charge in [0.2, 0.25) is 11.8 Å². The number of piperidine rings is 1. The Bertz CT molecular complexity index is 958. The number of hydrogen-bond acceptors (Lipinski definition) is 4. The fourth-order valence-corrected chi connectivity index (χ4v) is 7.08. The first-order valence-electron chi connectivity index (χ1n) is 11.0. The molecular weight excluding hydrogens is 468 g/mol. The number of benzene rings is 1. The number of nitrogens with zero attached hydrogens (tertiary/aromatic N) is 2. The summed E-state index contributed by atoms with van der Waals surface area (Å²) in [5.41, 5.74) is 1.70. The van der Waals surface area contributed by atoms with Crippen molar-refractivity contribution in [2.45, 2.75) is 69.2 Å². The molecule has 4 rings (SSSR count). The maximum absolute atomic E-state index is 13.1. The zero-order valence-electron chi connectivity index (χ0n) is 17.4. The van der Waals surface area contributed by atoms with Crippen LogP contribution in [0.3, 0.4) is 0 Å². The van der Waals surface area contributed by atoms with Gasteiger partial charge < -0.3 is 9.80 Å². The van der Waals surface area contributed by atoms with E-state index in [2.05, 4.69) is 22.9 Å². The number of amides is 2. The Hall–Kier alpha value is -1.41. The van der Waals surface area contributed by atoms with Crippen molar-refractivity contribution >= 4 is 43.3 Å². The molecule has 2 aliphatic heterocycles. The van der Waals surface area contributed by atoms with Crippen LogP contribution in [0.25, 0.3) is 0 Å². The van der Waals surface area contributed by atoms with Crippen LogP contribution in [0.1, 0.15) is 57.4 Å². The first-order valence-corrected chi connectivity index (χ1v) is 13.4. The standard InChI is InChI=1S/C22H29BrN2O4S/c1-2-17-5-3-4-10-24(17)21(26)9-12-30(28,29)20-14-19-16(13-18(20)23)8-11-25(19)22(27)15-6-7-15/h13-15,17H,2-12H2,1H3. The summed E-state index contributed by atoms with van der Waals surface area (Å²) < 4.78 is 26.7. The molecule has 0 N–H and O–H groups in total. The van der Waals surface area contributed by atoms with Crippen molar-refractivity contribution in [2.75, 3.05) is 23.7 Å². The van der Waals surface area contributed by atoms with E-state index in [0.717, 1.165) is 57.1 Å². The van der Waals surface area contributed by atoms with E-state index in [-0.39, 0.29) is 40.8 Å². The van der Waals surface area contributed by atoms with Gasteiger partial charge in [-0.3, -0.25) is 9.59 Å². The SMILES string of the molecule is CCC1CCCCN1C(=O)CCS(=O)(=O)c1cc2c(cc1Br)CCN2C(=O)C1CC1. The van der Waals surface area contributed by atoms with Crippen LogP contribution in [0.5, 0.6) is 0 Å². The molecule has 2 heterocycles. The second-order valence-electron chi connectivity index (χ2n) is 8.64. The van der Waals surface area contributed by atoms with Gasteiger partial charge in [0.05, 0.1) is 10.6 Å². The summed E-state index contributed by atoms with van der Waals surface area (Å²) in [6.45, 7) is 3.40. The maximum atomic E-state index is 13.1. The lowest BCUT2D eigenvalue weighted by Gasteiger charge is -2.35. The number of fused-ring (bicyclic) bond motifs is 1. The van der Waals surface area contributed by atoms with Crippen LogP contribution < -0.4 is 4.90 Å². The van der Waals surface area contributed by atoms with Crippen molar-refractivity contribution < 1.29 is 18.0 Å². The Morgan fingerprint density at radius 2 is 1.90 bits per heavy atom. The summed E-state index contributed by atoms with van der Waals surface area (Å²) >= 11 is 3.41. The zero-order valence-corrected chi connectivity index (χ0v) is 19.8. The molecule has 1 aromatic rings. The van der Waals surface area contributed by atoms with E-state index >= 15 is 0 Å². The number of anilines is 1. The van der Waals surface area contributed by atoms with Crippen LogP contribution in [0, 0.1) is 5.92 Å². The molecular formula is C22H29BrN2O4S. The molecule has 2 fully saturated rings. The molecule has 8 heteroatoms. The van der Waals surface area contributed by atoms with E-state index in [4.69, 9.17) is 0 Å². The molecule has 3 aliphatic rings. The van der Waals surface area contributed by atoms with E-state index in [9.17, 15) is 18.0 Å². The largest absolute Gasteiger partial charge is 0.340 e. The van der Waals surface area contributed by atoms with Crippen LogP contribution in [0.2, 0.25) is 0 Å². The van der Waals surface area contributed by atoms with Gasteiger partial charge in [0.1, 0.15) is 0 Å². The molecule has 2 amide bonds. The third-order valence-corrected chi connectivity index (χ3v) is 9.23. The molecule has 1 unspecified atom stereocenters. The van der Waals surface area contributed by atoms with Crippen molar-refractivity contribution in [1.29, 1.82) is 0 Å². The lowest BCUT2D eigenvalue weighted by atomic mass is 10.00. The lowest BCUT2D eigenvalue weighted by Crippen LogP contribution is -2.43. The second-order valence-corrected chi connectivity index (χ2v) is 11.6. The summed E-state index contributed by atoms with van der Waals surface area (Å²) in [5, 5.41) is 0. The highest BCUT2D eigenvalue weighted by molar-refractivity contribution is 9.10. The summed E-state index contributed by atoms with van der Waals surface area (Å²) in [5.74, 6) is -0.0983. The Morgan fingerprint density at radius 1 is 1.13 bits per heavy atom. The Morgan fingerprint density at radius 3 is 2.60 bits per heavy atom. The van der Waals surface area contributed by atoms with Crippen molar-refractivity contribution in [3.8, 4) is 0 Å². The topological polar surface area (TPSA) is 74.8 Å². The maximum Gasteiger partial charge on any atom is 0.230 e. The van der Waals surface area contributed by atoms with Crippen LogP contribution in [-0.4, -0.2) is 50.0 Å². The fourth-order valence-electron chi connectivity index (χ4n) is 4.63. The van der Waals surface area contributed by atoms with Gasteiger partial charge in [-0.25, -0.2) is 8.42 Å². The van der Waals surface area contributed by atoms with Gasteiger partial charge in [-0.15, -0.1) is 0 Å². The second kappa shape index (κ2) is 8.61. The minimum atomic E-state index is -3.66. The predicted octanol–water partition coefficient (Wildman–Crippen LogP) is 3.70. The zero-order chi connectivity index (χ0) is 21.5. The van der Waals surface area contributed by atoms with Crippen LogP contribution in [0.4, 0.5) is 5.69 Å². The molecule has 1 aromatic carbocycles. The Labute approximate surface area is 187 Å². The van der Waals surface area contributed by atoms with Crippen molar-refractivity contribution in [3.05, 3.63) is 22.2 Å². The van der Waals surface area contributed by atoms with Crippen LogP contribution >= 0.6 is 15.9 Å². The third-order valence-electron chi connectivity index (χ3n) is 6.56. The molecule has 1 aliphatic carbocycles. The number of carbonyl (C=O) groups is 2. The highest BCUT2D eigenvalue weighted by Crippen LogP contribution is 2.39. The molecule has 6 nitrogen and oxygen atoms in total. The average Bonchev–Trinajstić information content (AvgIpc) is 3.51. The molecule has 164 valence electrons. The number of hydrogen-bond donors (Lipinski definition) is 0. The molecule has 30 heavy (non-hydrogen) atoms. The molecule has 0 spiro atoms.